The van der Waals surface area contributed by atoms with Gasteiger partial charge >= 0.3 is 0 Å². The Kier molecular flexibility index (Phi) is 4.65. The summed E-state index contributed by atoms with van der Waals surface area (Å²) in [5.41, 5.74) is 8.01. The lowest BCUT2D eigenvalue weighted by Gasteiger charge is -2.32. The highest BCUT2D eigenvalue weighted by molar-refractivity contribution is 5.39. The van der Waals surface area contributed by atoms with Gasteiger partial charge in [-0.15, -0.1) is 0 Å². The monoisotopic (exact) mass is 245 g/mol. The van der Waals surface area contributed by atoms with Crippen molar-refractivity contribution in [2.75, 3.05) is 25.4 Å². The van der Waals surface area contributed by atoms with Crippen molar-refractivity contribution >= 4 is 5.69 Å². The van der Waals surface area contributed by atoms with E-state index in [-0.39, 0.29) is 0 Å². The van der Waals surface area contributed by atoms with Crippen LogP contribution in [0.1, 0.15) is 32.3 Å². The van der Waals surface area contributed by atoms with Gasteiger partial charge in [0, 0.05) is 12.2 Å². The standard InChI is InChI=1S/C16H25N2/c1-13(2)12-18-9-7-15(8-10-18)11-14-3-5-16(17)6-4-14/h3-6,15H,7-12,17H2,1-2H3. The van der Waals surface area contributed by atoms with E-state index in [1.807, 2.05) is 12.1 Å². The molecule has 1 aromatic rings. The molecule has 0 amide bonds. The summed E-state index contributed by atoms with van der Waals surface area (Å²) in [6.07, 6.45) is 3.87. The second-order valence-corrected chi connectivity index (χ2v) is 5.87. The molecule has 2 nitrogen and oxygen atoms in total. The number of piperidine rings is 1. The second kappa shape index (κ2) is 6.24. The van der Waals surface area contributed by atoms with Crippen LogP contribution < -0.4 is 5.73 Å². The van der Waals surface area contributed by atoms with Crippen LogP contribution >= 0.6 is 0 Å². The molecule has 18 heavy (non-hydrogen) atoms. The lowest BCUT2D eigenvalue weighted by molar-refractivity contribution is 0.190. The van der Waals surface area contributed by atoms with E-state index in [2.05, 4.69) is 30.9 Å². The number of benzene rings is 1. The second-order valence-electron chi connectivity index (χ2n) is 5.87. The summed E-state index contributed by atoms with van der Waals surface area (Å²) in [6.45, 7) is 8.13. The first-order chi connectivity index (χ1) is 8.63. The smallest absolute Gasteiger partial charge is 0.0314 e. The van der Waals surface area contributed by atoms with E-state index in [1.165, 1.54) is 50.4 Å². The molecule has 1 radical (unpaired) electrons. The maximum absolute atomic E-state index is 5.72. The van der Waals surface area contributed by atoms with Gasteiger partial charge in [0.2, 0.25) is 0 Å². The van der Waals surface area contributed by atoms with E-state index >= 15 is 0 Å². The lowest BCUT2D eigenvalue weighted by Crippen LogP contribution is -2.36. The molecule has 0 bridgehead atoms. The predicted octanol–water partition coefficient (Wildman–Crippen LogP) is 3.14. The molecule has 0 unspecified atom stereocenters. The van der Waals surface area contributed by atoms with Crippen molar-refractivity contribution in [2.45, 2.75) is 33.1 Å². The van der Waals surface area contributed by atoms with Gasteiger partial charge in [-0.1, -0.05) is 26.0 Å². The summed E-state index contributed by atoms with van der Waals surface area (Å²) in [5.74, 6) is 2.37. The minimum absolute atomic E-state index is 0.849. The summed E-state index contributed by atoms with van der Waals surface area (Å²) < 4.78 is 0. The SMILES string of the molecule is C[C](C)CN1CCC(Cc2ccc(N)cc2)CC1. The molecule has 1 aliphatic rings. The van der Waals surface area contributed by atoms with Crippen molar-refractivity contribution < 1.29 is 0 Å². The number of rotatable bonds is 4. The molecule has 0 spiro atoms. The minimum atomic E-state index is 0.849. The largest absolute Gasteiger partial charge is 0.399 e. The zero-order valence-corrected chi connectivity index (χ0v) is 11.7. The number of anilines is 1. The molecule has 2 heteroatoms. The van der Waals surface area contributed by atoms with Gasteiger partial charge in [-0.3, -0.25) is 0 Å². The maximum Gasteiger partial charge on any atom is 0.0314 e. The summed E-state index contributed by atoms with van der Waals surface area (Å²) in [6, 6.07) is 8.37. The average Bonchev–Trinajstić information content (AvgIpc) is 2.34. The van der Waals surface area contributed by atoms with Crippen LogP contribution in [0.3, 0.4) is 0 Å². The third kappa shape index (κ3) is 4.02. The average molecular weight is 245 g/mol. The number of hydrogen-bond acceptors (Lipinski definition) is 2. The normalized spacial score (nSPS) is 18.4. The van der Waals surface area contributed by atoms with Crippen LogP contribution in [0.4, 0.5) is 5.69 Å². The lowest BCUT2D eigenvalue weighted by atomic mass is 9.90. The highest BCUT2D eigenvalue weighted by Crippen LogP contribution is 2.22. The molecule has 2 N–H and O–H groups in total. The fraction of sp³-hybridized carbons (Fsp3) is 0.562. The van der Waals surface area contributed by atoms with Crippen molar-refractivity contribution in [3.05, 3.63) is 35.7 Å². The van der Waals surface area contributed by atoms with Crippen molar-refractivity contribution in [2.24, 2.45) is 5.92 Å². The van der Waals surface area contributed by atoms with Crippen LogP contribution in [0.25, 0.3) is 0 Å². The van der Waals surface area contributed by atoms with E-state index in [1.54, 1.807) is 0 Å². The molecule has 1 aromatic carbocycles. The van der Waals surface area contributed by atoms with Gasteiger partial charge in [0.1, 0.15) is 0 Å². The first-order valence-corrected chi connectivity index (χ1v) is 6.99. The van der Waals surface area contributed by atoms with Gasteiger partial charge in [-0.2, -0.15) is 0 Å². The summed E-state index contributed by atoms with van der Waals surface area (Å²) in [5, 5.41) is 0. The summed E-state index contributed by atoms with van der Waals surface area (Å²) >= 11 is 0. The Morgan fingerprint density at radius 2 is 1.78 bits per heavy atom. The first kappa shape index (κ1) is 13.4. The molecule has 1 heterocycles. The Morgan fingerprint density at radius 1 is 1.17 bits per heavy atom. The van der Waals surface area contributed by atoms with Gasteiger partial charge in [-0.05, 0) is 61.9 Å². The van der Waals surface area contributed by atoms with Gasteiger partial charge < -0.3 is 10.6 Å². The van der Waals surface area contributed by atoms with E-state index < -0.39 is 0 Å². The zero-order chi connectivity index (χ0) is 13.0. The van der Waals surface area contributed by atoms with Crippen LogP contribution in [0.2, 0.25) is 0 Å². The number of nitrogens with two attached hydrogens (primary N) is 1. The Hall–Kier alpha value is -1.02. The number of hydrogen-bond donors (Lipinski definition) is 1. The van der Waals surface area contributed by atoms with Crippen LogP contribution in [0.5, 0.6) is 0 Å². The predicted molar refractivity (Wildman–Crippen MR) is 78.3 cm³/mol. The summed E-state index contributed by atoms with van der Waals surface area (Å²) in [7, 11) is 0. The Morgan fingerprint density at radius 3 is 2.33 bits per heavy atom. The van der Waals surface area contributed by atoms with Crippen molar-refractivity contribution in [1.29, 1.82) is 0 Å². The topological polar surface area (TPSA) is 29.3 Å². The van der Waals surface area contributed by atoms with E-state index in [0.29, 0.717) is 0 Å². The number of nitrogen functional groups attached to an aromatic ring is 1. The fourth-order valence-electron chi connectivity index (χ4n) is 2.78. The zero-order valence-electron chi connectivity index (χ0n) is 11.7. The minimum Gasteiger partial charge on any atom is -0.399 e. The van der Waals surface area contributed by atoms with E-state index in [0.717, 1.165) is 11.6 Å². The molecule has 1 fully saturated rings. The molecule has 2 rings (SSSR count). The van der Waals surface area contributed by atoms with Crippen LogP contribution in [-0.4, -0.2) is 24.5 Å². The Bertz CT molecular complexity index is 348. The molecule has 0 aromatic heterocycles. The number of likely N-dealkylation sites (tertiary alicyclic amines) is 1. The first-order valence-electron chi connectivity index (χ1n) is 6.99. The number of nitrogens with zero attached hydrogens (tertiary/aromatic N) is 1. The van der Waals surface area contributed by atoms with Crippen LogP contribution in [0, 0.1) is 11.8 Å². The highest BCUT2D eigenvalue weighted by atomic mass is 15.1. The van der Waals surface area contributed by atoms with Gasteiger partial charge in [-0.25, -0.2) is 0 Å². The van der Waals surface area contributed by atoms with Crippen LogP contribution in [0.15, 0.2) is 24.3 Å². The molecular formula is C16H25N2. The molecule has 1 aliphatic heterocycles. The Balaban J connectivity index is 1.78. The summed E-state index contributed by atoms with van der Waals surface area (Å²) in [4.78, 5) is 2.58. The molecule has 0 aliphatic carbocycles. The van der Waals surface area contributed by atoms with Gasteiger partial charge in [0.05, 0.1) is 0 Å². The van der Waals surface area contributed by atoms with Crippen molar-refractivity contribution in [3.8, 4) is 0 Å². The molecule has 0 atom stereocenters. The van der Waals surface area contributed by atoms with Crippen molar-refractivity contribution in [1.82, 2.24) is 4.90 Å². The molecule has 99 valence electrons. The maximum atomic E-state index is 5.72. The highest BCUT2D eigenvalue weighted by Gasteiger charge is 2.19. The quantitative estimate of drug-likeness (QED) is 0.826. The van der Waals surface area contributed by atoms with Crippen molar-refractivity contribution in [3.63, 3.8) is 0 Å². The Labute approximate surface area is 111 Å². The molecular weight excluding hydrogens is 220 g/mol. The van der Waals surface area contributed by atoms with E-state index in [9.17, 15) is 0 Å². The van der Waals surface area contributed by atoms with Crippen LogP contribution in [-0.2, 0) is 6.42 Å². The van der Waals surface area contributed by atoms with Gasteiger partial charge in [0.25, 0.3) is 0 Å². The van der Waals surface area contributed by atoms with E-state index in [4.69, 9.17) is 5.73 Å². The fourth-order valence-corrected chi connectivity index (χ4v) is 2.78. The third-order valence-corrected chi connectivity index (χ3v) is 3.75. The molecule has 1 saturated heterocycles. The third-order valence-electron chi connectivity index (χ3n) is 3.75. The van der Waals surface area contributed by atoms with Gasteiger partial charge in [0.15, 0.2) is 0 Å². The molecule has 0 saturated carbocycles.